The van der Waals surface area contributed by atoms with Crippen molar-refractivity contribution in [3.63, 3.8) is 0 Å². The number of carboxylic acids is 2. The number of nitrogens with one attached hydrogen (secondary N) is 9. The number of carbonyl (C=O) groups is 11. The van der Waals surface area contributed by atoms with E-state index in [0.29, 0.717) is 12.8 Å². The van der Waals surface area contributed by atoms with Crippen LogP contribution in [0.3, 0.4) is 0 Å². The van der Waals surface area contributed by atoms with Crippen molar-refractivity contribution in [2.24, 2.45) is 29.4 Å². The summed E-state index contributed by atoms with van der Waals surface area (Å²) in [4.78, 5) is 140. The zero-order valence-corrected chi connectivity index (χ0v) is 39.9. The van der Waals surface area contributed by atoms with Crippen LogP contribution in [-0.2, 0) is 52.7 Å². The third-order valence-electron chi connectivity index (χ3n) is 10.6. The summed E-state index contributed by atoms with van der Waals surface area (Å²) in [6, 6.07) is -10.0. The Balaban J connectivity index is 5.65. The van der Waals surface area contributed by atoms with Gasteiger partial charge in [-0.2, -0.15) is 0 Å². The summed E-state index contributed by atoms with van der Waals surface area (Å²) in [5.41, 5.74) is 5.66. The van der Waals surface area contributed by atoms with Gasteiger partial charge in [0.2, 0.25) is 53.2 Å². The van der Waals surface area contributed by atoms with E-state index in [0.717, 1.165) is 0 Å². The Labute approximate surface area is 385 Å². The van der Waals surface area contributed by atoms with Crippen LogP contribution in [0.15, 0.2) is 0 Å². The van der Waals surface area contributed by atoms with E-state index in [1.165, 1.54) is 20.8 Å². The van der Waals surface area contributed by atoms with E-state index >= 15 is 0 Å². The average molecular weight is 943 g/mol. The van der Waals surface area contributed by atoms with E-state index in [-0.39, 0.29) is 25.2 Å². The van der Waals surface area contributed by atoms with Gasteiger partial charge in [0.15, 0.2) is 0 Å². The first-order chi connectivity index (χ1) is 30.6. The van der Waals surface area contributed by atoms with E-state index < -0.39 is 150 Å². The molecule has 0 bridgehead atoms. The highest BCUT2D eigenvalue weighted by molar-refractivity contribution is 5.97. The van der Waals surface area contributed by atoms with Gasteiger partial charge in [-0.3, -0.25) is 47.9 Å². The molecule has 14 N–H and O–H groups in total. The Morgan fingerprint density at radius 2 is 0.939 bits per heavy atom. The maximum atomic E-state index is 13.7. The fourth-order valence-corrected chi connectivity index (χ4v) is 6.03. The first kappa shape index (κ1) is 60.1. The van der Waals surface area contributed by atoms with Crippen LogP contribution in [-0.4, -0.2) is 148 Å². The maximum absolute atomic E-state index is 13.7. The van der Waals surface area contributed by atoms with Gasteiger partial charge in [0, 0.05) is 6.42 Å². The molecular weight excluding hydrogens is 869 g/mol. The van der Waals surface area contributed by atoms with Gasteiger partial charge in [0.25, 0.3) is 0 Å². The lowest BCUT2D eigenvalue weighted by molar-refractivity contribution is -0.144. The average Bonchev–Trinajstić information content (AvgIpc) is 3.23. The van der Waals surface area contributed by atoms with Gasteiger partial charge < -0.3 is 68.9 Å². The van der Waals surface area contributed by atoms with Gasteiger partial charge >= 0.3 is 11.9 Å². The monoisotopic (exact) mass is 943 g/mol. The van der Waals surface area contributed by atoms with E-state index in [2.05, 4.69) is 47.9 Å². The molecule has 11 atom stereocenters. The van der Waals surface area contributed by atoms with E-state index in [1.54, 1.807) is 55.4 Å². The van der Waals surface area contributed by atoms with Crippen molar-refractivity contribution in [3.8, 4) is 0 Å². The van der Waals surface area contributed by atoms with Gasteiger partial charge in [-0.05, 0) is 57.3 Å². The molecule has 0 rings (SSSR count). The number of nitrogens with two attached hydrogens (primary N) is 1. The summed E-state index contributed by atoms with van der Waals surface area (Å²) in [5.74, 6) is -11.3. The SMILES string of the molecule is CCC(C)C(NC(=O)CNC(=O)C(C)NC(=O)C(C)NC(=O)C(N)CCC(=O)O)C(=O)NCC(=O)NC(C(=O)NC(CC(C)C)C(=O)NC(C(=O)NC(C(=O)O)C(C)C)C(C)O)C(C)CC. The van der Waals surface area contributed by atoms with Gasteiger partial charge in [-0.15, -0.1) is 0 Å². The smallest absolute Gasteiger partial charge is 0.326 e. The molecule has 0 saturated heterocycles. The largest absolute Gasteiger partial charge is 0.481 e. The Bertz CT molecular complexity index is 1710. The van der Waals surface area contributed by atoms with Crippen molar-refractivity contribution in [1.29, 1.82) is 0 Å². The number of aliphatic hydroxyl groups is 1. The Hall–Kier alpha value is -5.91. The minimum absolute atomic E-state index is 0.0741. The van der Waals surface area contributed by atoms with Gasteiger partial charge in [0.1, 0.15) is 42.3 Å². The molecule has 0 heterocycles. The summed E-state index contributed by atoms with van der Waals surface area (Å²) in [6.45, 7) is 16.2. The maximum Gasteiger partial charge on any atom is 0.326 e. The van der Waals surface area contributed by atoms with Gasteiger partial charge in [-0.1, -0.05) is 68.2 Å². The summed E-state index contributed by atoms with van der Waals surface area (Å²) < 4.78 is 0. The molecule has 11 unspecified atom stereocenters. The minimum Gasteiger partial charge on any atom is -0.481 e. The molecule has 0 aromatic heterocycles. The second-order valence-electron chi connectivity index (χ2n) is 17.3. The zero-order valence-electron chi connectivity index (χ0n) is 39.9. The highest BCUT2D eigenvalue weighted by Crippen LogP contribution is 2.13. The molecule has 0 aromatic rings. The first-order valence-corrected chi connectivity index (χ1v) is 22.1. The van der Waals surface area contributed by atoms with Crippen molar-refractivity contribution in [2.45, 2.75) is 163 Å². The topological polar surface area (TPSA) is 383 Å². The number of rotatable bonds is 30. The van der Waals surface area contributed by atoms with Crippen LogP contribution in [0.5, 0.6) is 0 Å². The van der Waals surface area contributed by atoms with Crippen LogP contribution < -0.4 is 53.6 Å². The van der Waals surface area contributed by atoms with Crippen LogP contribution in [0.4, 0.5) is 0 Å². The highest BCUT2D eigenvalue weighted by Gasteiger charge is 2.36. The number of aliphatic carboxylic acids is 2. The van der Waals surface area contributed by atoms with E-state index in [1.807, 2.05) is 0 Å². The number of carboxylic acid groups (broad SMARTS) is 2. The van der Waals surface area contributed by atoms with Gasteiger partial charge in [-0.25, -0.2) is 4.79 Å². The summed E-state index contributed by atoms with van der Waals surface area (Å²) in [7, 11) is 0. The molecule has 66 heavy (non-hydrogen) atoms. The second kappa shape index (κ2) is 29.6. The number of hydrogen-bond acceptors (Lipinski definition) is 13. The Kier molecular flexibility index (Phi) is 26.9. The van der Waals surface area contributed by atoms with Crippen molar-refractivity contribution in [3.05, 3.63) is 0 Å². The molecule has 0 saturated carbocycles. The van der Waals surface area contributed by atoms with Crippen molar-refractivity contribution >= 4 is 65.1 Å². The molecule has 376 valence electrons. The van der Waals surface area contributed by atoms with Crippen LogP contribution in [0, 0.1) is 23.7 Å². The molecule has 9 amide bonds. The molecule has 24 heteroatoms. The van der Waals surface area contributed by atoms with Crippen LogP contribution in [0.25, 0.3) is 0 Å². The van der Waals surface area contributed by atoms with Gasteiger partial charge in [0.05, 0.1) is 25.2 Å². The molecular formula is C42H74N10O14. The highest BCUT2D eigenvalue weighted by atomic mass is 16.4. The zero-order chi connectivity index (χ0) is 51.2. The molecule has 0 radical (unpaired) electrons. The van der Waals surface area contributed by atoms with Crippen LogP contribution in [0.2, 0.25) is 0 Å². The van der Waals surface area contributed by atoms with Crippen molar-refractivity contribution in [2.75, 3.05) is 13.1 Å². The molecule has 0 aliphatic carbocycles. The molecule has 0 aliphatic heterocycles. The standard InChI is InChI=1S/C42H74N10O14/c1-12-21(7)32(49-28(54)17-44-35(58)23(9)46-36(59)24(10)47-37(60)26(43)14-15-30(56)57)39(62)45-18-29(55)50-33(22(8)13-2)40(63)48-27(16-19(3)4)38(61)52-34(25(11)53)41(64)51-31(20(5)6)42(65)66/h19-27,31-34,53H,12-18,43H2,1-11H3,(H,44,58)(H,45,62)(H,46,59)(H,47,60)(H,48,63)(H,49,54)(H,50,55)(H,51,64)(H,52,61)(H,56,57)(H,65,66). The predicted molar refractivity (Wildman–Crippen MR) is 238 cm³/mol. The van der Waals surface area contributed by atoms with Crippen LogP contribution in [0.1, 0.15) is 108 Å². The lowest BCUT2D eigenvalue weighted by Gasteiger charge is -2.29. The minimum atomic E-state index is -1.58. The van der Waals surface area contributed by atoms with E-state index in [9.17, 15) is 63.0 Å². The summed E-state index contributed by atoms with van der Waals surface area (Å²) >= 11 is 0. The fourth-order valence-electron chi connectivity index (χ4n) is 6.03. The van der Waals surface area contributed by atoms with Crippen LogP contribution >= 0.6 is 0 Å². The number of aliphatic hydroxyl groups excluding tert-OH is 1. The molecule has 0 aromatic carbocycles. The second-order valence-corrected chi connectivity index (χ2v) is 17.3. The lowest BCUT2D eigenvalue weighted by atomic mass is 9.96. The van der Waals surface area contributed by atoms with E-state index in [4.69, 9.17) is 10.8 Å². The first-order valence-electron chi connectivity index (χ1n) is 22.1. The normalized spacial score (nSPS) is 16.2. The van der Waals surface area contributed by atoms with Crippen molar-refractivity contribution < 1.29 is 68.1 Å². The quantitative estimate of drug-likeness (QED) is 0.0344. The summed E-state index contributed by atoms with van der Waals surface area (Å²) in [5, 5.41) is 50.6. The number of hydrogen-bond donors (Lipinski definition) is 13. The third kappa shape index (κ3) is 21.8. The molecule has 24 nitrogen and oxygen atoms in total. The predicted octanol–water partition coefficient (Wildman–Crippen LogP) is -2.90. The van der Waals surface area contributed by atoms with Crippen molar-refractivity contribution in [1.82, 2.24) is 47.9 Å². The molecule has 0 fully saturated rings. The third-order valence-corrected chi connectivity index (χ3v) is 10.6. The Morgan fingerprint density at radius 3 is 1.38 bits per heavy atom. The number of carbonyl (C=O) groups excluding carboxylic acids is 9. The molecule has 0 aliphatic rings. The summed E-state index contributed by atoms with van der Waals surface area (Å²) in [6.07, 6.45) is -1.09. The lowest BCUT2D eigenvalue weighted by Crippen LogP contribution is -2.61. The fraction of sp³-hybridized carbons (Fsp3) is 0.738. The Morgan fingerprint density at radius 1 is 0.500 bits per heavy atom. The number of amides is 9. The molecule has 0 spiro atoms.